The van der Waals surface area contributed by atoms with Gasteiger partial charge in [0.15, 0.2) is 0 Å². The van der Waals surface area contributed by atoms with E-state index in [1.165, 1.54) is 6.07 Å². The predicted octanol–water partition coefficient (Wildman–Crippen LogP) is 2.62. The minimum Gasteiger partial charge on any atom is -0.366 e. The smallest absolute Gasteiger partial charge is 0.250 e. The Balaban J connectivity index is 2.32. The molecule has 5 N–H and O–H groups in total. The molecule has 112 valence electrons. The highest BCUT2D eigenvalue weighted by Gasteiger charge is 2.30. The van der Waals surface area contributed by atoms with Gasteiger partial charge in [-0.05, 0) is 50.7 Å². The molecule has 0 radical (unpaired) electrons. The fourth-order valence-corrected chi connectivity index (χ4v) is 3.53. The largest absolute Gasteiger partial charge is 0.366 e. The number of rotatable bonds is 2. The molecule has 4 nitrogen and oxygen atoms in total. The van der Waals surface area contributed by atoms with E-state index in [1.807, 2.05) is 13.8 Å². The highest BCUT2D eigenvalue weighted by atomic mass is 19.1. The Morgan fingerprint density at radius 2 is 2.10 bits per heavy atom. The number of aromatic nitrogens is 1. The van der Waals surface area contributed by atoms with Crippen molar-refractivity contribution >= 4 is 16.8 Å². The lowest BCUT2D eigenvalue weighted by atomic mass is 9.90. The van der Waals surface area contributed by atoms with Crippen LogP contribution in [0.1, 0.15) is 52.4 Å². The molecule has 1 amide bonds. The van der Waals surface area contributed by atoms with Gasteiger partial charge in [0.05, 0.1) is 11.1 Å². The number of nitrogens with one attached hydrogen (secondary N) is 1. The van der Waals surface area contributed by atoms with Crippen LogP contribution in [0.5, 0.6) is 0 Å². The Morgan fingerprint density at radius 1 is 1.38 bits per heavy atom. The van der Waals surface area contributed by atoms with Crippen LogP contribution in [0.15, 0.2) is 6.07 Å². The molecular formula is C16H20FN3O. The summed E-state index contributed by atoms with van der Waals surface area (Å²) in [6.45, 7) is 3.86. The summed E-state index contributed by atoms with van der Waals surface area (Å²) in [4.78, 5) is 14.8. The third-order valence-corrected chi connectivity index (χ3v) is 4.71. The molecule has 1 saturated carbocycles. The molecule has 1 aliphatic rings. The second kappa shape index (κ2) is 4.84. The van der Waals surface area contributed by atoms with E-state index in [1.54, 1.807) is 0 Å². The molecule has 1 aromatic heterocycles. The van der Waals surface area contributed by atoms with Crippen LogP contribution < -0.4 is 11.5 Å². The SMILES string of the molecule is Cc1[nH]c2c(C(N)=O)cc(F)c(C3CC[C@H](N)C3)c2c1C. The molecule has 21 heavy (non-hydrogen) atoms. The lowest BCUT2D eigenvalue weighted by Crippen LogP contribution is -2.15. The standard InChI is InChI=1S/C16H20FN3O/c1-7-8(2)20-15-11(16(19)21)6-12(17)14(13(7)15)9-3-4-10(18)5-9/h6,9-10,20H,3-5,18H2,1-2H3,(H2,19,21)/t9?,10-/m0/s1. The second-order valence-corrected chi connectivity index (χ2v) is 6.08. The quantitative estimate of drug-likeness (QED) is 0.794. The Hall–Kier alpha value is -1.88. The zero-order valence-corrected chi connectivity index (χ0v) is 12.3. The summed E-state index contributed by atoms with van der Waals surface area (Å²) in [7, 11) is 0. The molecule has 1 aromatic carbocycles. The van der Waals surface area contributed by atoms with Crippen LogP contribution in [0, 0.1) is 19.7 Å². The van der Waals surface area contributed by atoms with Gasteiger partial charge in [0.25, 0.3) is 5.91 Å². The Bertz CT molecular complexity index is 735. The molecule has 0 saturated heterocycles. The minimum absolute atomic E-state index is 0.110. The number of aromatic amines is 1. The van der Waals surface area contributed by atoms with Crippen molar-refractivity contribution in [2.75, 3.05) is 0 Å². The molecule has 1 unspecified atom stereocenters. The van der Waals surface area contributed by atoms with Crippen LogP contribution in [0.2, 0.25) is 0 Å². The van der Waals surface area contributed by atoms with Gasteiger partial charge in [0.2, 0.25) is 0 Å². The van der Waals surface area contributed by atoms with E-state index in [-0.39, 0.29) is 23.3 Å². The van der Waals surface area contributed by atoms with Crippen molar-refractivity contribution in [3.8, 4) is 0 Å². The molecule has 0 aliphatic heterocycles. The summed E-state index contributed by atoms with van der Waals surface area (Å²) in [5.41, 5.74) is 14.8. The molecule has 1 fully saturated rings. The molecular weight excluding hydrogens is 269 g/mol. The Kier molecular flexibility index (Phi) is 3.24. The van der Waals surface area contributed by atoms with E-state index in [0.717, 1.165) is 35.9 Å². The van der Waals surface area contributed by atoms with Crippen LogP contribution in [0.3, 0.4) is 0 Å². The van der Waals surface area contributed by atoms with Crippen LogP contribution in [0.4, 0.5) is 4.39 Å². The van der Waals surface area contributed by atoms with Crippen molar-refractivity contribution in [1.29, 1.82) is 0 Å². The maximum Gasteiger partial charge on any atom is 0.250 e. The average Bonchev–Trinajstić information content (AvgIpc) is 2.95. The van der Waals surface area contributed by atoms with Crippen LogP contribution in [-0.4, -0.2) is 16.9 Å². The van der Waals surface area contributed by atoms with E-state index in [0.29, 0.717) is 11.1 Å². The van der Waals surface area contributed by atoms with Gasteiger partial charge in [0, 0.05) is 22.7 Å². The van der Waals surface area contributed by atoms with Crippen molar-refractivity contribution in [2.45, 2.75) is 45.1 Å². The second-order valence-electron chi connectivity index (χ2n) is 6.08. The molecule has 1 aliphatic carbocycles. The summed E-state index contributed by atoms with van der Waals surface area (Å²) < 4.78 is 14.6. The van der Waals surface area contributed by atoms with Gasteiger partial charge >= 0.3 is 0 Å². The van der Waals surface area contributed by atoms with Gasteiger partial charge in [-0.1, -0.05) is 0 Å². The van der Waals surface area contributed by atoms with Crippen LogP contribution in [-0.2, 0) is 0 Å². The first-order valence-corrected chi connectivity index (χ1v) is 7.26. The van der Waals surface area contributed by atoms with E-state index in [9.17, 15) is 9.18 Å². The zero-order chi connectivity index (χ0) is 15.3. The number of amides is 1. The molecule has 0 bridgehead atoms. The highest BCUT2D eigenvalue weighted by molar-refractivity contribution is 6.07. The molecule has 2 aromatic rings. The fourth-order valence-electron chi connectivity index (χ4n) is 3.53. The van der Waals surface area contributed by atoms with E-state index in [2.05, 4.69) is 4.98 Å². The monoisotopic (exact) mass is 289 g/mol. The summed E-state index contributed by atoms with van der Waals surface area (Å²) in [6.07, 6.45) is 2.57. The molecule has 3 rings (SSSR count). The average molecular weight is 289 g/mol. The highest BCUT2D eigenvalue weighted by Crippen LogP contribution is 2.41. The zero-order valence-electron chi connectivity index (χ0n) is 12.3. The van der Waals surface area contributed by atoms with Crippen molar-refractivity contribution < 1.29 is 9.18 Å². The Labute approximate surface area is 122 Å². The number of hydrogen-bond donors (Lipinski definition) is 3. The van der Waals surface area contributed by atoms with Gasteiger partial charge in [-0.15, -0.1) is 0 Å². The third-order valence-electron chi connectivity index (χ3n) is 4.71. The van der Waals surface area contributed by atoms with Crippen LogP contribution in [0.25, 0.3) is 10.9 Å². The van der Waals surface area contributed by atoms with Crippen molar-refractivity contribution in [3.63, 3.8) is 0 Å². The van der Waals surface area contributed by atoms with E-state index in [4.69, 9.17) is 11.5 Å². The third kappa shape index (κ3) is 2.12. The number of primary amides is 1. The maximum atomic E-state index is 14.6. The van der Waals surface area contributed by atoms with Gasteiger partial charge in [-0.3, -0.25) is 4.79 Å². The molecule has 0 spiro atoms. The number of benzene rings is 1. The molecule has 2 atom stereocenters. The number of H-pyrrole nitrogens is 1. The first-order chi connectivity index (χ1) is 9.90. The van der Waals surface area contributed by atoms with Crippen molar-refractivity contribution in [2.24, 2.45) is 11.5 Å². The molecule has 5 heteroatoms. The van der Waals surface area contributed by atoms with Crippen molar-refractivity contribution in [3.05, 3.63) is 34.3 Å². The van der Waals surface area contributed by atoms with Gasteiger partial charge in [-0.25, -0.2) is 4.39 Å². The van der Waals surface area contributed by atoms with Gasteiger partial charge in [0.1, 0.15) is 5.82 Å². The fraction of sp³-hybridized carbons (Fsp3) is 0.438. The van der Waals surface area contributed by atoms with Crippen LogP contribution >= 0.6 is 0 Å². The topological polar surface area (TPSA) is 84.9 Å². The summed E-state index contributed by atoms with van der Waals surface area (Å²) in [6, 6.07) is 1.39. The number of halogens is 1. The van der Waals surface area contributed by atoms with Gasteiger partial charge < -0.3 is 16.5 Å². The number of carbonyl (C=O) groups excluding carboxylic acids is 1. The lowest BCUT2D eigenvalue weighted by Gasteiger charge is -2.15. The predicted molar refractivity (Wildman–Crippen MR) is 80.8 cm³/mol. The number of aryl methyl sites for hydroxylation is 2. The number of hydrogen-bond acceptors (Lipinski definition) is 2. The van der Waals surface area contributed by atoms with E-state index >= 15 is 0 Å². The summed E-state index contributed by atoms with van der Waals surface area (Å²) >= 11 is 0. The first-order valence-electron chi connectivity index (χ1n) is 7.26. The molecule has 1 heterocycles. The summed E-state index contributed by atoms with van der Waals surface area (Å²) in [5, 5.41) is 0.806. The minimum atomic E-state index is -0.616. The Morgan fingerprint density at radius 3 is 2.67 bits per heavy atom. The lowest BCUT2D eigenvalue weighted by molar-refractivity contribution is 0.100. The number of carbonyl (C=O) groups is 1. The maximum absolute atomic E-state index is 14.6. The van der Waals surface area contributed by atoms with Crippen molar-refractivity contribution in [1.82, 2.24) is 4.98 Å². The summed E-state index contributed by atoms with van der Waals surface area (Å²) in [5.74, 6) is -0.856. The normalized spacial score (nSPS) is 22.1. The number of fused-ring (bicyclic) bond motifs is 1. The number of nitrogens with two attached hydrogens (primary N) is 2. The van der Waals surface area contributed by atoms with E-state index < -0.39 is 5.91 Å². The van der Waals surface area contributed by atoms with Gasteiger partial charge in [-0.2, -0.15) is 0 Å². The first kappa shape index (κ1) is 14.1.